The van der Waals surface area contributed by atoms with E-state index >= 15 is 0 Å². The van der Waals surface area contributed by atoms with E-state index in [1.807, 2.05) is 42.6 Å². The summed E-state index contributed by atoms with van der Waals surface area (Å²) < 4.78 is 5.50. The van der Waals surface area contributed by atoms with Crippen LogP contribution in [0.5, 0.6) is 5.75 Å². The first-order chi connectivity index (χ1) is 10.8. The third-order valence-corrected chi connectivity index (χ3v) is 3.94. The molecule has 0 atom stereocenters. The van der Waals surface area contributed by atoms with Crippen molar-refractivity contribution in [1.82, 2.24) is 10.2 Å². The van der Waals surface area contributed by atoms with Gasteiger partial charge in [0, 0.05) is 0 Å². The van der Waals surface area contributed by atoms with Gasteiger partial charge in [-0.3, -0.25) is 9.89 Å². The number of anilines is 1. The largest absolute Gasteiger partial charge is 0.492 e. The van der Waals surface area contributed by atoms with Crippen LogP contribution >= 0.6 is 11.3 Å². The van der Waals surface area contributed by atoms with Crippen LogP contribution in [0.1, 0.15) is 17.4 Å². The van der Waals surface area contributed by atoms with Crippen molar-refractivity contribution in [3.05, 3.63) is 53.5 Å². The van der Waals surface area contributed by atoms with Crippen LogP contribution in [0.2, 0.25) is 0 Å². The van der Waals surface area contributed by atoms with Gasteiger partial charge in [0.05, 0.1) is 22.9 Å². The molecule has 112 valence electrons. The van der Waals surface area contributed by atoms with Crippen molar-refractivity contribution in [3.8, 4) is 16.3 Å². The summed E-state index contributed by atoms with van der Waals surface area (Å²) in [5, 5.41) is 11.8. The number of para-hydroxylation sites is 2. The summed E-state index contributed by atoms with van der Waals surface area (Å²) in [7, 11) is 0. The number of ether oxygens (including phenoxy) is 1. The molecule has 0 bridgehead atoms. The van der Waals surface area contributed by atoms with E-state index in [4.69, 9.17) is 4.74 Å². The third-order valence-electron chi connectivity index (χ3n) is 3.03. The zero-order valence-corrected chi connectivity index (χ0v) is 12.8. The molecule has 22 heavy (non-hydrogen) atoms. The molecule has 0 aliphatic rings. The molecule has 3 rings (SSSR count). The molecule has 0 radical (unpaired) electrons. The Hall–Kier alpha value is -2.60. The van der Waals surface area contributed by atoms with Gasteiger partial charge in [-0.25, -0.2) is 0 Å². The zero-order valence-electron chi connectivity index (χ0n) is 12.0. The highest BCUT2D eigenvalue weighted by Crippen LogP contribution is 2.26. The molecule has 0 aliphatic heterocycles. The minimum atomic E-state index is -0.272. The van der Waals surface area contributed by atoms with Crippen LogP contribution in [0.3, 0.4) is 0 Å². The van der Waals surface area contributed by atoms with Crippen LogP contribution in [0.4, 0.5) is 5.69 Å². The number of rotatable bonds is 5. The van der Waals surface area contributed by atoms with Gasteiger partial charge >= 0.3 is 0 Å². The molecule has 2 heterocycles. The maximum absolute atomic E-state index is 12.3. The summed E-state index contributed by atoms with van der Waals surface area (Å²) in [4.78, 5) is 13.4. The van der Waals surface area contributed by atoms with Crippen LogP contribution in [-0.4, -0.2) is 22.7 Å². The smallest absolute Gasteiger partial charge is 0.276 e. The van der Waals surface area contributed by atoms with Crippen molar-refractivity contribution < 1.29 is 9.53 Å². The summed E-state index contributed by atoms with van der Waals surface area (Å²) in [6.07, 6.45) is 0. The number of carbonyl (C=O) groups excluding carboxylic acids is 1. The number of nitrogens with zero attached hydrogens (tertiary/aromatic N) is 1. The molecule has 0 saturated heterocycles. The molecule has 1 aromatic carbocycles. The van der Waals surface area contributed by atoms with Crippen LogP contribution in [-0.2, 0) is 0 Å². The highest BCUT2D eigenvalue weighted by atomic mass is 32.1. The second-order valence-corrected chi connectivity index (χ2v) is 5.48. The standard InChI is InChI=1S/C16H15N3O2S/c1-2-21-14-7-4-3-6-11(14)17-16(20)13-10-12(18-19-13)15-8-5-9-22-15/h3-10H,2H2,1H3,(H,17,20)(H,18,19). The lowest BCUT2D eigenvalue weighted by molar-refractivity contribution is 0.102. The quantitative estimate of drug-likeness (QED) is 0.753. The molecule has 5 nitrogen and oxygen atoms in total. The van der Waals surface area contributed by atoms with Gasteiger partial charge in [0.1, 0.15) is 5.75 Å². The molecule has 3 aromatic rings. The Morgan fingerprint density at radius 1 is 1.32 bits per heavy atom. The SMILES string of the molecule is CCOc1ccccc1NC(=O)c1cc(-c2cccs2)[nH]n1. The van der Waals surface area contributed by atoms with E-state index in [1.165, 1.54) is 0 Å². The summed E-state index contributed by atoms with van der Waals surface area (Å²) >= 11 is 1.59. The van der Waals surface area contributed by atoms with Crippen molar-refractivity contribution in [1.29, 1.82) is 0 Å². The lowest BCUT2D eigenvalue weighted by Crippen LogP contribution is -2.13. The summed E-state index contributed by atoms with van der Waals surface area (Å²) in [5.41, 5.74) is 1.81. The molecular weight excluding hydrogens is 298 g/mol. The number of aromatic nitrogens is 2. The van der Waals surface area contributed by atoms with Crippen LogP contribution in [0.25, 0.3) is 10.6 Å². The van der Waals surface area contributed by atoms with Crippen molar-refractivity contribution in [3.63, 3.8) is 0 Å². The lowest BCUT2D eigenvalue weighted by atomic mass is 10.2. The van der Waals surface area contributed by atoms with E-state index in [0.29, 0.717) is 23.7 Å². The number of hydrogen-bond acceptors (Lipinski definition) is 4. The molecule has 0 spiro atoms. The van der Waals surface area contributed by atoms with Gasteiger partial charge in [-0.2, -0.15) is 5.10 Å². The van der Waals surface area contributed by atoms with E-state index < -0.39 is 0 Å². The molecule has 2 aromatic heterocycles. The first-order valence-electron chi connectivity index (χ1n) is 6.90. The average Bonchev–Trinajstić information content (AvgIpc) is 3.20. The molecule has 6 heteroatoms. The second-order valence-electron chi connectivity index (χ2n) is 4.53. The first-order valence-corrected chi connectivity index (χ1v) is 7.78. The Balaban J connectivity index is 1.78. The fourth-order valence-corrected chi connectivity index (χ4v) is 2.73. The van der Waals surface area contributed by atoms with Crippen LogP contribution < -0.4 is 10.1 Å². The Bertz CT molecular complexity index is 765. The van der Waals surface area contributed by atoms with E-state index in [-0.39, 0.29) is 5.91 Å². The predicted molar refractivity (Wildman–Crippen MR) is 87.5 cm³/mol. The minimum Gasteiger partial charge on any atom is -0.492 e. The normalized spacial score (nSPS) is 10.4. The van der Waals surface area contributed by atoms with E-state index in [1.54, 1.807) is 23.5 Å². The number of benzene rings is 1. The van der Waals surface area contributed by atoms with E-state index in [2.05, 4.69) is 15.5 Å². The predicted octanol–water partition coefficient (Wildman–Crippen LogP) is 3.79. The summed E-state index contributed by atoms with van der Waals surface area (Å²) in [5.74, 6) is 0.374. The van der Waals surface area contributed by atoms with Crippen LogP contribution in [0, 0.1) is 0 Å². The molecule has 0 aliphatic carbocycles. The van der Waals surface area contributed by atoms with Gasteiger partial charge in [0.2, 0.25) is 0 Å². The van der Waals surface area contributed by atoms with Gasteiger partial charge < -0.3 is 10.1 Å². The fourth-order valence-electron chi connectivity index (χ4n) is 2.03. The Morgan fingerprint density at radius 3 is 2.95 bits per heavy atom. The highest BCUT2D eigenvalue weighted by Gasteiger charge is 2.14. The van der Waals surface area contributed by atoms with Gasteiger partial charge in [-0.05, 0) is 36.6 Å². The van der Waals surface area contributed by atoms with E-state index in [9.17, 15) is 4.79 Å². The Kier molecular flexibility index (Phi) is 4.20. The number of nitrogens with one attached hydrogen (secondary N) is 2. The number of aromatic amines is 1. The maximum atomic E-state index is 12.3. The Morgan fingerprint density at radius 2 is 2.18 bits per heavy atom. The highest BCUT2D eigenvalue weighted by molar-refractivity contribution is 7.13. The molecular formula is C16H15N3O2S. The molecule has 0 saturated carbocycles. The second kappa shape index (κ2) is 6.44. The van der Waals surface area contributed by atoms with Crippen molar-refractivity contribution in [2.45, 2.75) is 6.92 Å². The molecule has 0 fully saturated rings. The van der Waals surface area contributed by atoms with Crippen LogP contribution in [0.15, 0.2) is 47.8 Å². The van der Waals surface area contributed by atoms with Gasteiger partial charge in [0.15, 0.2) is 5.69 Å². The fraction of sp³-hybridized carbons (Fsp3) is 0.125. The van der Waals surface area contributed by atoms with E-state index in [0.717, 1.165) is 10.6 Å². The minimum absolute atomic E-state index is 0.272. The lowest BCUT2D eigenvalue weighted by Gasteiger charge is -2.10. The van der Waals surface area contributed by atoms with Gasteiger partial charge in [0.25, 0.3) is 5.91 Å². The molecule has 1 amide bonds. The maximum Gasteiger partial charge on any atom is 0.276 e. The molecule has 2 N–H and O–H groups in total. The number of thiophene rings is 1. The average molecular weight is 313 g/mol. The Labute approximate surface area is 132 Å². The third kappa shape index (κ3) is 3.01. The first kappa shape index (κ1) is 14.3. The summed E-state index contributed by atoms with van der Waals surface area (Å²) in [6, 6.07) is 13.0. The van der Waals surface area contributed by atoms with Crippen molar-refractivity contribution >= 4 is 22.9 Å². The number of H-pyrrole nitrogens is 1. The number of carbonyl (C=O) groups is 1. The molecule has 0 unspecified atom stereocenters. The zero-order chi connectivity index (χ0) is 15.4. The number of amides is 1. The topological polar surface area (TPSA) is 67.0 Å². The summed E-state index contributed by atoms with van der Waals surface area (Å²) in [6.45, 7) is 2.44. The number of hydrogen-bond donors (Lipinski definition) is 2. The van der Waals surface area contributed by atoms with Crippen molar-refractivity contribution in [2.24, 2.45) is 0 Å². The van der Waals surface area contributed by atoms with Gasteiger partial charge in [-0.15, -0.1) is 11.3 Å². The monoisotopic (exact) mass is 313 g/mol. The van der Waals surface area contributed by atoms with Crippen molar-refractivity contribution in [2.75, 3.05) is 11.9 Å². The van der Waals surface area contributed by atoms with Gasteiger partial charge in [-0.1, -0.05) is 18.2 Å².